The van der Waals surface area contributed by atoms with E-state index in [9.17, 15) is 0 Å². The predicted octanol–water partition coefficient (Wildman–Crippen LogP) is 0.793. The number of nitriles is 1. The summed E-state index contributed by atoms with van der Waals surface area (Å²) in [4.78, 5) is 0. The van der Waals surface area contributed by atoms with Gasteiger partial charge >= 0.3 is 0 Å². The zero-order chi connectivity index (χ0) is 9.03. The van der Waals surface area contributed by atoms with Crippen LogP contribution in [0.2, 0.25) is 0 Å². The first kappa shape index (κ1) is 9.50. The van der Waals surface area contributed by atoms with Crippen molar-refractivity contribution < 1.29 is 5.11 Å². The molecule has 0 aromatic heterocycles. The van der Waals surface area contributed by atoms with Crippen molar-refractivity contribution in [3.8, 4) is 6.07 Å². The molecule has 0 bridgehead atoms. The summed E-state index contributed by atoms with van der Waals surface area (Å²) >= 11 is 0. The van der Waals surface area contributed by atoms with Gasteiger partial charge in [0.15, 0.2) is 0 Å². The molecule has 0 aliphatic heterocycles. The number of nitrogens with one attached hydrogen (secondary N) is 1. The van der Waals surface area contributed by atoms with Crippen LogP contribution in [0.25, 0.3) is 0 Å². The third-order valence-electron chi connectivity index (χ3n) is 2.56. The van der Waals surface area contributed by atoms with Gasteiger partial charge in [0, 0.05) is 11.6 Å². The number of rotatable bonds is 4. The van der Waals surface area contributed by atoms with E-state index in [0.29, 0.717) is 6.42 Å². The van der Waals surface area contributed by atoms with E-state index in [1.54, 1.807) is 0 Å². The van der Waals surface area contributed by atoms with Crippen molar-refractivity contribution in [3.63, 3.8) is 0 Å². The molecule has 0 aromatic carbocycles. The predicted molar refractivity (Wildman–Crippen MR) is 46.5 cm³/mol. The number of aliphatic hydroxyl groups is 1. The lowest BCUT2D eigenvalue weighted by molar-refractivity contribution is 0.0793. The number of hydrogen-bond donors (Lipinski definition) is 2. The van der Waals surface area contributed by atoms with E-state index in [-0.39, 0.29) is 18.2 Å². The lowest BCUT2D eigenvalue weighted by atomic mass is 9.77. The van der Waals surface area contributed by atoms with Crippen molar-refractivity contribution in [2.75, 3.05) is 6.61 Å². The highest BCUT2D eigenvalue weighted by molar-refractivity contribution is 4.97. The van der Waals surface area contributed by atoms with Gasteiger partial charge in [-0.2, -0.15) is 5.26 Å². The highest BCUT2D eigenvalue weighted by Gasteiger charge is 2.36. The van der Waals surface area contributed by atoms with Gasteiger partial charge in [-0.1, -0.05) is 0 Å². The van der Waals surface area contributed by atoms with Crippen molar-refractivity contribution in [3.05, 3.63) is 0 Å². The average Bonchev–Trinajstić information content (AvgIpc) is 1.97. The standard InChI is InChI=1S/C9H16N2O/c1-8(3-6-10)11-9(7-12)4-2-5-9/h8,11-12H,2-5,7H2,1H3. The molecule has 0 heterocycles. The highest BCUT2D eigenvalue weighted by atomic mass is 16.3. The maximum Gasteiger partial charge on any atom is 0.0638 e. The van der Waals surface area contributed by atoms with Gasteiger partial charge in [0.25, 0.3) is 0 Å². The molecule has 1 aliphatic carbocycles. The summed E-state index contributed by atoms with van der Waals surface area (Å²) in [6, 6.07) is 2.31. The smallest absolute Gasteiger partial charge is 0.0638 e. The van der Waals surface area contributed by atoms with Crippen molar-refractivity contribution in [1.29, 1.82) is 5.26 Å². The van der Waals surface area contributed by atoms with E-state index >= 15 is 0 Å². The molecule has 1 rings (SSSR count). The van der Waals surface area contributed by atoms with Crippen LogP contribution in [0.3, 0.4) is 0 Å². The van der Waals surface area contributed by atoms with Gasteiger partial charge in [0.1, 0.15) is 0 Å². The lowest BCUT2D eigenvalue weighted by Gasteiger charge is -2.43. The van der Waals surface area contributed by atoms with Crippen molar-refractivity contribution in [1.82, 2.24) is 5.32 Å². The quantitative estimate of drug-likeness (QED) is 0.652. The summed E-state index contributed by atoms with van der Waals surface area (Å²) in [7, 11) is 0. The molecule has 12 heavy (non-hydrogen) atoms. The summed E-state index contributed by atoms with van der Waals surface area (Å²) in [6.07, 6.45) is 3.78. The molecule has 0 aromatic rings. The minimum Gasteiger partial charge on any atom is -0.394 e. The minimum absolute atomic E-state index is 0.0593. The van der Waals surface area contributed by atoms with Crippen LogP contribution in [0, 0.1) is 11.3 Å². The summed E-state index contributed by atoms with van der Waals surface area (Å²) in [5.41, 5.74) is -0.0593. The van der Waals surface area contributed by atoms with Crippen LogP contribution in [-0.4, -0.2) is 23.3 Å². The summed E-state index contributed by atoms with van der Waals surface area (Å²) < 4.78 is 0. The van der Waals surface area contributed by atoms with Crippen LogP contribution in [0.1, 0.15) is 32.6 Å². The molecule has 3 nitrogen and oxygen atoms in total. The van der Waals surface area contributed by atoms with Crippen LogP contribution in [0.5, 0.6) is 0 Å². The molecule has 0 amide bonds. The van der Waals surface area contributed by atoms with Gasteiger partial charge in [0.05, 0.1) is 19.1 Å². The molecular formula is C9H16N2O. The summed E-state index contributed by atoms with van der Waals surface area (Å²) in [5, 5.41) is 20.9. The zero-order valence-electron chi connectivity index (χ0n) is 7.51. The largest absolute Gasteiger partial charge is 0.394 e. The molecule has 68 valence electrons. The molecule has 0 spiro atoms. The summed E-state index contributed by atoms with van der Waals surface area (Å²) in [6.45, 7) is 2.18. The van der Waals surface area contributed by atoms with Crippen LogP contribution >= 0.6 is 0 Å². The van der Waals surface area contributed by atoms with Crippen molar-refractivity contribution in [2.45, 2.75) is 44.2 Å². The van der Waals surface area contributed by atoms with Crippen LogP contribution in [0.4, 0.5) is 0 Å². The molecule has 1 unspecified atom stereocenters. The molecular weight excluding hydrogens is 152 g/mol. The Bertz CT molecular complexity index is 176. The van der Waals surface area contributed by atoms with Gasteiger partial charge in [-0.3, -0.25) is 0 Å². The molecule has 1 fully saturated rings. The van der Waals surface area contributed by atoms with E-state index in [2.05, 4.69) is 11.4 Å². The van der Waals surface area contributed by atoms with Crippen LogP contribution in [-0.2, 0) is 0 Å². The van der Waals surface area contributed by atoms with Gasteiger partial charge in [0.2, 0.25) is 0 Å². The van der Waals surface area contributed by atoms with E-state index in [0.717, 1.165) is 12.8 Å². The zero-order valence-corrected chi connectivity index (χ0v) is 7.51. The molecule has 2 N–H and O–H groups in total. The lowest BCUT2D eigenvalue weighted by Crippen LogP contribution is -2.56. The Kier molecular flexibility index (Phi) is 3.07. The Morgan fingerprint density at radius 2 is 2.33 bits per heavy atom. The maximum atomic E-state index is 9.11. The first-order chi connectivity index (χ1) is 5.72. The maximum absolute atomic E-state index is 9.11. The normalized spacial score (nSPS) is 22.4. The second kappa shape index (κ2) is 3.88. The first-order valence-corrected chi connectivity index (χ1v) is 4.48. The van der Waals surface area contributed by atoms with Gasteiger partial charge < -0.3 is 10.4 Å². The van der Waals surface area contributed by atoms with Crippen molar-refractivity contribution >= 4 is 0 Å². The minimum atomic E-state index is -0.0593. The number of aliphatic hydroxyl groups excluding tert-OH is 1. The van der Waals surface area contributed by atoms with Gasteiger partial charge in [-0.25, -0.2) is 0 Å². The Morgan fingerprint density at radius 1 is 1.67 bits per heavy atom. The molecule has 0 radical (unpaired) electrons. The monoisotopic (exact) mass is 168 g/mol. The SMILES string of the molecule is CC(CC#N)NC1(CO)CCC1. The Balaban J connectivity index is 2.33. The molecule has 3 heteroatoms. The highest BCUT2D eigenvalue weighted by Crippen LogP contribution is 2.31. The Hall–Kier alpha value is -0.590. The average molecular weight is 168 g/mol. The van der Waals surface area contributed by atoms with Gasteiger partial charge in [-0.05, 0) is 26.2 Å². The molecule has 0 saturated heterocycles. The fraction of sp³-hybridized carbons (Fsp3) is 0.889. The van der Waals surface area contributed by atoms with Crippen LogP contribution in [0.15, 0.2) is 0 Å². The Labute approximate surface area is 73.4 Å². The van der Waals surface area contributed by atoms with Gasteiger partial charge in [-0.15, -0.1) is 0 Å². The Morgan fingerprint density at radius 3 is 2.67 bits per heavy atom. The summed E-state index contributed by atoms with van der Waals surface area (Å²) in [5.74, 6) is 0. The number of nitrogens with zero attached hydrogens (tertiary/aromatic N) is 1. The topological polar surface area (TPSA) is 56.0 Å². The third kappa shape index (κ3) is 1.96. The van der Waals surface area contributed by atoms with E-state index in [1.807, 2.05) is 6.92 Å². The van der Waals surface area contributed by atoms with Crippen molar-refractivity contribution in [2.24, 2.45) is 0 Å². The second-order valence-electron chi connectivity index (χ2n) is 3.70. The fourth-order valence-corrected chi connectivity index (χ4v) is 1.66. The van der Waals surface area contributed by atoms with E-state index < -0.39 is 0 Å². The fourth-order valence-electron chi connectivity index (χ4n) is 1.66. The van der Waals surface area contributed by atoms with E-state index in [4.69, 9.17) is 10.4 Å². The van der Waals surface area contributed by atoms with E-state index in [1.165, 1.54) is 6.42 Å². The number of hydrogen-bond acceptors (Lipinski definition) is 3. The second-order valence-corrected chi connectivity index (χ2v) is 3.70. The molecule has 1 saturated carbocycles. The molecule has 1 atom stereocenters. The van der Waals surface area contributed by atoms with Crippen LogP contribution < -0.4 is 5.32 Å². The third-order valence-corrected chi connectivity index (χ3v) is 2.56. The molecule has 1 aliphatic rings. The first-order valence-electron chi connectivity index (χ1n) is 4.48.